The number of rotatable bonds is 2. The molecule has 3 rings (SSSR count). The predicted molar refractivity (Wildman–Crippen MR) is 77.9 cm³/mol. The monoisotopic (exact) mass is 323 g/mol. The zero-order chi connectivity index (χ0) is 12.4. The second-order valence-electron chi connectivity index (χ2n) is 4.36. The van der Waals surface area contributed by atoms with Crippen LogP contribution >= 0.6 is 27.3 Å². The summed E-state index contributed by atoms with van der Waals surface area (Å²) < 4.78 is 7.11. The van der Waals surface area contributed by atoms with Gasteiger partial charge in [0.05, 0.1) is 12.6 Å². The van der Waals surface area contributed by atoms with Gasteiger partial charge in [0.2, 0.25) is 0 Å². The van der Waals surface area contributed by atoms with Crippen molar-refractivity contribution in [3.63, 3.8) is 0 Å². The van der Waals surface area contributed by atoms with Crippen molar-refractivity contribution in [3.8, 4) is 0 Å². The van der Waals surface area contributed by atoms with Crippen molar-refractivity contribution in [2.75, 3.05) is 13.2 Å². The van der Waals surface area contributed by atoms with Crippen LogP contribution in [0, 0.1) is 0 Å². The summed E-state index contributed by atoms with van der Waals surface area (Å²) in [5.74, 6) is 0. The zero-order valence-electron chi connectivity index (χ0n) is 9.80. The Balaban J connectivity index is 1.65. The maximum atomic E-state index is 5.97. The first-order chi connectivity index (χ1) is 8.83. The number of ether oxygens (including phenoxy) is 1. The van der Waals surface area contributed by atoms with Gasteiger partial charge < -0.3 is 10.1 Å². The summed E-state index contributed by atoms with van der Waals surface area (Å²) in [5, 5.41) is 5.66. The molecule has 0 spiro atoms. The van der Waals surface area contributed by atoms with Crippen molar-refractivity contribution in [3.05, 3.63) is 56.7 Å². The Morgan fingerprint density at radius 3 is 2.72 bits per heavy atom. The van der Waals surface area contributed by atoms with E-state index in [1.807, 2.05) is 6.07 Å². The van der Waals surface area contributed by atoms with Crippen molar-refractivity contribution < 1.29 is 4.74 Å². The van der Waals surface area contributed by atoms with E-state index in [9.17, 15) is 0 Å². The van der Waals surface area contributed by atoms with Gasteiger partial charge in [0, 0.05) is 21.3 Å². The molecule has 1 fully saturated rings. The first-order valence-electron chi connectivity index (χ1n) is 5.97. The molecule has 94 valence electrons. The molecule has 0 bridgehead atoms. The van der Waals surface area contributed by atoms with Gasteiger partial charge in [-0.1, -0.05) is 30.3 Å². The van der Waals surface area contributed by atoms with E-state index >= 15 is 0 Å². The van der Waals surface area contributed by atoms with Gasteiger partial charge in [-0.15, -0.1) is 11.3 Å². The molecular formula is C14H14BrNOS. The lowest BCUT2D eigenvalue weighted by molar-refractivity contribution is 0.00439. The van der Waals surface area contributed by atoms with Crippen molar-refractivity contribution in [1.82, 2.24) is 5.32 Å². The summed E-state index contributed by atoms with van der Waals surface area (Å²) in [6, 6.07) is 12.9. The van der Waals surface area contributed by atoms with E-state index in [0.717, 1.165) is 17.6 Å². The van der Waals surface area contributed by atoms with Gasteiger partial charge >= 0.3 is 0 Å². The SMILES string of the molecule is Brc1csc(C2CNC(c3ccccc3)CO2)c1. The quantitative estimate of drug-likeness (QED) is 0.904. The molecule has 18 heavy (non-hydrogen) atoms. The molecular weight excluding hydrogens is 310 g/mol. The first kappa shape index (κ1) is 12.4. The highest BCUT2D eigenvalue weighted by molar-refractivity contribution is 9.10. The molecule has 2 aromatic rings. The number of hydrogen-bond acceptors (Lipinski definition) is 3. The van der Waals surface area contributed by atoms with Crippen LogP contribution in [0.5, 0.6) is 0 Å². The van der Waals surface area contributed by atoms with E-state index in [2.05, 4.69) is 57.0 Å². The van der Waals surface area contributed by atoms with Gasteiger partial charge in [-0.2, -0.15) is 0 Å². The van der Waals surface area contributed by atoms with Crippen LogP contribution in [-0.2, 0) is 4.74 Å². The lowest BCUT2D eigenvalue weighted by Crippen LogP contribution is -2.36. The third-order valence-corrected chi connectivity index (χ3v) is 4.91. The average molecular weight is 324 g/mol. The molecule has 0 amide bonds. The second kappa shape index (κ2) is 5.53. The first-order valence-corrected chi connectivity index (χ1v) is 7.64. The third kappa shape index (κ3) is 2.67. The van der Waals surface area contributed by atoms with E-state index in [1.165, 1.54) is 10.4 Å². The zero-order valence-corrected chi connectivity index (χ0v) is 12.2. The summed E-state index contributed by atoms with van der Waals surface area (Å²) >= 11 is 5.22. The molecule has 1 aromatic carbocycles. The average Bonchev–Trinajstić information content (AvgIpc) is 2.87. The van der Waals surface area contributed by atoms with Crippen LogP contribution < -0.4 is 5.32 Å². The molecule has 0 aliphatic carbocycles. The number of benzene rings is 1. The highest BCUT2D eigenvalue weighted by Crippen LogP contribution is 2.31. The molecule has 0 radical (unpaired) electrons. The standard InChI is InChI=1S/C14H14BrNOS/c15-11-6-14(18-9-11)13-7-16-12(8-17-13)10-4-2-1-3-5-10/h1-6,9,12-13,16H,7-8H2. The van der Waals surface area contributed by atoms with Crippen LogP contribution in [-0.4, -0.2) is 13.2 Å². The van der Waals surface area contributed by atoms with Gasteiger partial charge in [0.15, 0.2) is 0 Å². The molecule has 1 N–H and O–H groups in total. The summed E-state index contributed by atoms with van der Waals surface area (Å²) in [4.78, 5) is 1.28. The fourth-order valence-corrected chi connectivity index (χ4v) is 3.65. The van der Waals surface area contributed by atoms with Gasteiger partial charge in [0.25, 0.3) is 0 Å². The van der Waals surface area contributed by atoms with E-state index in [-0.39, 0.29) is 6.10 Å². The number of thiophene rings is 1. The minimum Gasteiger partial charge on any atom is -0.369 e. The molecule has 1 aliphatic rings. The van der Waals surface area contributed by atoms with Crippen LogP contribution in [0.3, 0.4) is 0 Å². The maximum Gasteiger partial charge on any atom is 0.104 e. The molecule has 0 saturated carbocycles. The Kier molecular flexibility index (Phi) is 3.80. The van der Waals surface area contributed by atoms with Crippen molar-refractivity contribution >= 4 is 27.3 Å². The van der Waals surface area contributed by atoms with E-state index < -0.39 is 0 Å². The lowest BCUT2D eigenvalue weighted by atomic mass is 10.1. The molecule has 2 heterocycles. The van der Waals surface area contributed by atoms with Crippen LogP contribution in [0.4, 0.5) is 0 Å². The van der Waals surface area contributed by atoms with Gasteiger partial charge in [-0.25, -0.2) is 0 Å². The van der Waals surface area contributed by atoms with Gasteiger partial charge in [-0.3, -0.25) is 0 Å². The third-order valence-electron chi connectivity index (χ3n) is 3.12. The summed E-state index contributed by atoms with van der Waals surface area (Å²) in [6.07, 6.45) is 0.182. The van der Waals surface area contributed by atoms with E-state index in [1.54, 1.807) is 11.3 Å². The maximum absolute atomic E-state index is 5.97. The van der Waals surface area contributed by atoms with E-state index in [4.69, 9.17) is 4.74 Å². The van der Waals surface area contributed by atoms with E-state index in [0.29, 0.717) is 6.04 Å². The molecule has 1 aliphatic heterocycles. The van der Waals surface area contributed by atoms with Crippen LogP contribution in [0.1, 0.15) is 22.6 Å². The number of morpholine rings is 1. The number of hydrogen-bond donors (Lipinski definition) is 1. The minimum atomic E-state index is 0.182. The Morgan fingerprint density at radius 1 is 1.28 bits per heavy atom. The lowest BCUT2D eigenvalue weighted by Gasteiger charge is -2.30. The fraction of sp³-hybridized carbons (Fsp3) is 0.286. The Hall–Kier alpha value is -0.680. The molecule has 1 saturated heterocycles. The fourth-order valence-electron chi connectivity index (χ4n) is 2.16. The molecule has 4 heteroatoms. The predicted octanol–water partition coefficient (Wildman–Crippen LogP) is 3.91. The number of nitrogens with one attached hydrogen (secondary N) is 1. The molecule has 2 unspecified atom stereocenters. The second-order valence-corrected chi connectivity index (χ2v) is 6.22. The van der Waals surface area contributed by atoms with Crippen molar-refractivity contribution in [2.24, 2.45) is 0 Å². The molecule has 2 nitrogen and oxygen atoms in total. The summed E-state index contributed by atoms with van der Waals surface area (Å²) in [6.45, 7) is 1.59. The Bertz CT molecular complexity index is 506. The van der Waals surface area contributed by atoms with Crippen LogP contribution in [0.15, 0.2) is 46.3 Å². The Labute approximate surface area is 119 Å². The van der Waals surface area contributed by atoms with Crippen molar-refractivity contribution in [1.29, 1.82) is 0 Å². The highest BCUT2D eigenvalue weighted by atomic mass is 79.9. The normalized spacial score (nSPS) is 24.1. The topological polar surface area (TPSA) is 21.3 Å². The van der Waals surface area contributed by atoms with Gasteiger partial charge in [0.1, 0.15) is 6.10 Å². The van der Waals surface area contributed by atoms with Crippen LogP contribution in [0.2, 0.25) is 0 Å². The Morgan fingerprint density at radius 2 is 2.11 bits per heavy atom. The van der Waals surface area contributed by atoms with Gasteiger partial charge in [-0.05, 0) is 27.6 Å². The van der Waals surface area contributed by atoms with Crippen LogP contribution in [0.25, 0.3) is 0 Å². The molecule has 2 atom stereocenters. The smallest absolute Gasteiger partial charge is 0.104 e. The molecule has 1 aromatic heterocycles. The minimum absolute atomic E-state index is 0.182. The summed E-state index contributed by atoms with van der Waals surface area (Å²) in [5.41, 5.74) is 1.29. The highest BCUT2D eigenvalue weighted by Gasteiger charge is 2.24. The number of halogens is 1. The summed E-state index contributed by atoms with van der Waals surface area (Å²) in [7, 11) is 0. The van der Waals surface area contributed by atoms with Crippen molar-refractivity contribution in [2.45, 2.75) is 12.1 Å². The largest absolute Gasteiger partial charge is 0.369 e.